The van der Waals surface area contributed by atoms with Gasteiger partial charge in [0.1, 0.15) is 0 Å². The second kappa shape index (κ2) is 10.4. The van der Waals surface area contributed by atoms with Crippen LogP contribution in [0.1, 0.15) is 22.7 Å². The van der Waals surface area contributed by atoms with Crippen molar-refractivity contribution in [2.45, 2.75) is 6.04 Å². The van der Waals surface area contributed by atoms with E-state index < -0.39 is 0 Å². The lowest BCUT2D eigenvalue weighted by Crippen LogP contribution is -2.51. The predicted octanol–water partition coefficient (Wildman–Crippen LogP) is 5.54. The van der Waals surface area contributed by atoms with E-state index in [4.69, 9.17) is 0 Å². The molecule has 1 aliphatic heterocycles. The third kappa shape index (κ3) is 5.43. The standard InChI is InChI=1S/C26H26BrN3O/c27-24-14-8-7-9-21(24)15-16-28-26(31)30-19-17-29(18-20-30)25(22-10-3-1-4-11-22)23-12-5-2-6-13-23/h1-16,25H,17-20H2,(H,28,31)/b16-15+. The van der Waals surface area contributed by atoms with Crippen molar-refractivity contribution in [3.63, 3.8) is 0 Å². The van der Waals surface area contributed by atoms with Gasteiger partial charge in [-0.1, -0.05) is 94.8 Å². The van der Waals surface area contributed by atoms with Crippen LogP contribution in [0.2, 0.25) is 0 Å². The number of piperazine rings is 1. The van der Waals surface area contributed by atoms with Gasteiger partial charge < -0.3 is 10.2 Å². The fraction of sp³-hybridized carbons (Fsp3) is 0.192. The first-order valence-electron chi connectivity index (χ1n) is 10.5. The molecule has 4 rings (SSSR count). The molecular formula is C26H26BrN3O. The highest BCUT2D eigenvalue weighted by Gasteiger charge is 2.27. The SMILES string of the molecule is O=C(N/C=C/c1ccccc1Br)N1CCN(C(c2ccccc2)c2ccccc2)CC1. The summed E-state index contributed by atoms with van der Waals surface area (Å²) >= 11 is 3.52. The number of benzene rings is 3. The molecule has 1 fully saturated rings. The number of hydrogen-bond acceptors (Lipinski definition) is 2. The van der Waals surface area contributed by atoms with E-state index in [9.17, 15) is 4.79 Å². The molecule has 0 spiro atoms. The summed E-state index contributed by atoms with van der Waals surface area (Å²) in [5.41, 5.74) is 3.59. The Morgan fingerprint density at radius 1 is 0.806 bits per heavy atom. The number of hydrogen-bond donors (Lipinski definition) is 1. The van der Waals surface area contributed by atoms with Gasteiger partial charge in [0.2, 0.25) is 0 Å². The molecule has 0 saturated carbocycles. The molecular weight excluding hydrogens is 450 g/mol. The fourth-order valence-corrected chi connectivity index (χ4v) is 4.39. The van der Waals surface area contributed by atoms with Gasteiger partial charge in [0.25, 0.3) is 0 Å². The molecule has 1 N–H and O–H groups in total. The summed E-state index contributed by atoms with van der Waals surface area (Å²) in [5.74, 6) is 0. The maximum Gasteiger partial charge on any atom is 0.321 e. The topological polar surface area (TPSA) is 35.6 Å². The molecule has 0 radical (unpaired) electrons. The molecule has 0 unspecified atom stereocenters. The van der Waals surface area contributed by atoms with Crippen molar-refractivity contribution in [3.05, 3.63) is 112 Å². The van der Waals surface area contributed by atoms with Crippen LogP contribution in [0.25, 0.3) is 6.08 Å². The fourth-order valence-electron chi connectivity index (χ4n) is 3.97. The Balaban J connectivity index is 1.38. The van der Waals surface area contributed by atoms with E-state index >= 15 is 0 Å². The minimum atomic E-state index is -0.0566. The molecule has 4 nitrogen and oxygen atoms in total. The second-order valence-corrected chi connectivity index (χ2v) is 8.41. The summed E-state index contributed by atoms with van der Waals surface area (Å²) < 4.78 is 1.00. The molecule has 31 heavy (non-hydrogen) atoms. The van der Waals surface area contributed by atoms with E-state index in [0.29, 0.717) is 13.1 Å². The highest BCUT2D eigenvalue weighted by molar-refractivity contribution is 9.10. The summed E-state index contributed by atoms with van der Waals surface area (Å²) in [6.07, 6.45) is 3.62. The van der Waals surface area contributed by atoms with Gasteiger partial charge in [-0.15, -0.1) is 0 Å². The molecule has 3 aromatic rings. The van der Waals surface area contributed by atoms with Crippen LogP contribution in [0.4, 0.5) is 4.79 Å². The summed E-state index contributed by atoms with van der Waals surface area (Å²) in [7, 11) is 0. The van der Waals surface area contributed by atoms with Crippen LogP contribution in [-0.4, -0.2) is 42.0 Å². The van der Waals surface area contributed by atoms with Crippen molar-refractivity contribution in [2.24, 2.45) is 0 Å². The number of carbonyl (C=O) groups is 1. The van der Waals surface area contributed by atoms with E-state index in [0.717, 1.165) is 23.1 Å². The number of halogens is 1. The van der Waals surface area contributed by atoms with E-state index in [1.807, 2.05) is 35.2 Å². The normalized spacial score (nSPS) is 14.8. The van der Waals surface area contributed by atoms with Gasteiger partial charge >= 0.3 is 6.03 Å². The molecule has 5 heteroatoms. The van der Waals surface area contributed by atoms with Crippen LogP contribution in [0.3, 0.4) is 0 Å². The van der Waals surface area contributed by atoms with Crippen molar-refractivity contribution in [1.29, 1.82) is 0 Å². The van der Waals surface area contributed by atoms with Gasteiger partial charge in [0.15, 0.2) is 0 Å². The molecule has 0 bridgehead atoms. The first-order chi connectivity index (χ1) is 15.2. The zero-order valence-electron chi connectivity index (χ0n) is 17.3. The van der Waals surface area contributed by atoms with Crippen LogP contribution >= 0.6 is 15.9 Å². The van der Waals surface area contributed by atoms with Gasteiger partial charge in [-0.3, -0.25) is 4.90 Å². The average Bonchev–Trinajstić information content (AvgIpc) is 2.82. The minimum Gasteiger partial charge on any atom is -0.322 e. The van der Waals surface area contributed by atoms with Crippen molar-refractivity contribution in [3.8, 4) is 0 Å². The minimum absolute atomic E-state index is 0.0566. The molecule has 0 aromatic heterocycles. The first-order valence-corrected chi connectivity index (χ1v) is 11.3. The van der Waals surface area contributed by atoms with Crippen molar-refractivity contribution >= 4 is 28.0 Å². The zero-order chi connectivity index (χ0) is 21.5. The van der Waals surface area contributed by atoms with Crippen molar-refractivity contribution in [2.75, 3.05) is 26.2 Å². The van der Waals surface area contributed by atoms with Crippen LogP contribution in [0.15, 0.2) is 95.6 Å². The van der Waals surface area contributed by atoms with Crippen molar-refractivity contribution in [1.82, 2.24) is 15.1 Å². The van der Waals surface area contributed by atoms with Gasteiger partial charge in [-0.2, -0.15) is 0 Å². The summed E-state index contributed by atoms with van der Waals surface area (Å²) in [4.78, 5) is 17.0. The molecule has 158 valence electrons. The van der Waals surface area contributed by atoms with E-state index in [-0.39, 0.29) is 12.1 Å². The first kappa shape index (κ1) is 21.3. The maximum absolute atomic E-state index is 12.6. The van der Waals surface area contributed by atoms with E-state index in [1.54, 1.807) is 6.20 Å². The van der Waals surface area contributed by atoms with E-state index in [2.05, 4.69) is 86.8 Å². The Morgan fingerprint density at radius 2 is 1.35 bits per heavy atom. The lowest BCUT2D eigenvalue weighted by Gasteiger charge is -2.39. The van der Waals surface area contributed by atoms with Crippen LogP contribution in [0.5, 0.6) is 0 Å². The van der Waals surface area contributed by atoms with Gasteiger partial charge in [-0.25, -0.2) is 4.79 Å². The molecule has 3 aromatic carbocycles. The van der Waals surface area contributed by atoms with Gasteiger partial charge in [-0.05, 0) is 28.8 Å². The second-order valence-electron chi connectivity index (χ2n) is 7.55. The monoisotopic (exact) mass is 475 g/mol. The highest BCUT2D eigenvalue weighted by atomic mass is 79.9. The molecule has 1 saturated heterocycles. The van der Waals surface area contributed by atoms with E-state index in [1.165, 1.54) is 11.1 Å². The highest BCUT2D eigenvalue weighted by Crippen LogP contribution is 2.29. The van der Waals surface area contributed by atoms with Crippen LogP contribution < -0.4 is 5.32 Å². The summed E-state index contributed by atoms with van der Waals surface area (Å²) in [6.45, 7) is 3.06. The molecule has 1 aliphatic rings. The van der Waals surface area contributed by atoms with Crippen LogP contribution in [0, 0.1) is 0 Å². The number of amides is 2. The summed E-state index contributed by atoms with van der Waals surface area (Å²) in [6, 6.07) is 29.3. The molecule has 1 heterocycles. The molecule has 2 amide bonds. The number of nitrogens with one attached hydrogen (secondary N) is 1. The Labute approximate surface area is 192 Å². The van der Waals surface area contributed by atoms with Gasteiger partial charge in [0.05, 0.1) is 6.04 Å². The Morgan fingerprint density at radius 3 is 1.94 bits per heavy atom. The molecule has 0 aliphatic carbocycles. The Kier molecular flexibility index (Phi) is 7.18. The van der Waals surface area contributed by atoms with Gasteiger partial charge in [0, 0.05) is 36.9 Å². The van der Waals surface area contributed by atoms with Crippen LogP contribution in [-0.2, 0) is 0 Å². The smallest absolute Gasteiger partial charge is 0.321 e. The number of urea groups is 1. The number of nitrogens with zero attached hydrogens (tertiary/aromatic N) is 2. The number of carbonyl (C=O) groups excluding carboxylic acids is 1. The third-order valence-corrected chi connectivity index (χ3v) is 6.29. The van der Waals surface area contributed by atoms with Crippen molar-refractivity contribution < 1.29 is 4.79 Å². The lowest BCUT2D eigenvalue weighted by molar-refractivity contribution is 0.122. The average molecular weight is 476 g/mol. The maximum atomic E-state index is 12.6. The Bertz CT molecular complexity index is 976. The lowest BCUT2D eigenvalue weighted by atomic mass is 9.96. The number of rotatable bonds is 5. The predicted molar refractivity (Wildman–Crippen MR) is 130 cm³/mol. The third-order valence-electron chi connectivity index (χ3n) is 5.57. The summed E-state index contributed by atoms with van der Waals surface area (Å²) in [5, 5.41) is 2.90. The quantitative estimate of drug-likeness (QED) is 0.525. The Hall–Kier alpha value is -2.89. The zero-order valence-corrected chi connectivity index (χ0v) is 18.9. The largest absolute Gasteiger partial charge is 0.322 e. The molecule has 0 atom stereocenters.